The van der Waals surface area contributed by atoms with Crippen molar-refractivity contribution in [2.75, 3.05) is 17.2 Å². The minimum Gasteiger partial charge on any atom is -0.368 e. The Bertz CT molecular complexity index is 1140. The number of fused-ring (bicyclic) bond motifs is 1. The van der Waals surface area contributed by atoms with Gasteiger partial charge in [0.1, 0.15) is 0 Å². The quantitative estimate of drug-likeness (QED) is 0.627. The Hall–Kier alpha value is -3.42. The van der Waals surface area contributed by atoms with Gasteiger partial charge in [0, 0.05) is 48.9 Å². The summed E-state index contributed by atoms with van der Waals surface area (Å²) in [4.78, 5) is 23.3. The molecule has 31 heavy (non-hydrogen) atoms. The summed E-state index contributed by atoms with van der Waals surface area (Å²) in [6, 6.07) is 10.3. The number of nitrogen functional groups attached to an aromatic ring is 1. The highest BCUT2D eigenvalue weighted by molar-refractivity contribution is 5.98. The largest absolute Gasteiger partial charge is 0.416 e. The van der Waals surface area contributed by atoms with Crippen molar-refractivity contribution in [3.8, 4) is 0 Å². The number of Topliss-reactive ketones (excluding diaryl/α,β-unsaturated/α-hetero) is 1. The van der Waals surface area contributed by atoms with E-state index < -0.39 is 11.7 Å². The summed E-state index contributed by atoms with van der Waals surface area (Å²) in [5.74, 6) is 0.0275. The van der Waals surface area contributed by atoms with Gasteiger partial charge >= 0.3 is 6.18 Å². The Morgan fingerprint density at radius 2 is 2.00 bits per heavy atom. The normalized spacial score (nSPS) is 13.7. The molecule has 2 N–H and O–H groups in total. The van der Waals surface area contributed by atoms with Gasteiger partial charge in [-0.2, -0.15) is 13.2 Å². The predicted octanol–water partition coefficient (Wildman–Crippen LogP) is 4.37. The molecular weight excluding hydrogens is 405 g/mol. The molecule has 2 aromatic carbocycles. The Morgan fingerprint density at radius 1 is 1.19 bits per heavy atom. The van der Waals surface area contributed by atoms with Gasteiger partial charge in [-0.1, -0.05) is 30.3 Å². The van der Waals surface area contributed by atoms with Crippen LogP contribution in [0, 0.1) is 6.92 Å². The first-order chi connectivity index (χ1) is 14.7. The van der Waals surface area contributed by atoms with E-state index in [9.17, 15) is 18.0 Å². The topological polar surface area (TPSA) is 72.1 Å². The fourth-order valence-corrected chi connectivity index (χ4v) is 3.81. The highest BCUT2D eigenvalue weighted by Crippen LogP contribution is 2.31. The molecule has 1 aliphatic heterocycles. The van der Waals surface area contributed by atoms with Gasteiger partial charge in [-0.25, -0.2) is 9.97 Å². The van der Waals surface area contributed by atoms with Crippen LogP contribution in [0.4, 0.5) is 24.8 Å². The third-order valence-corrected chi connectivity index (χ3v) is 5.44. The number of benzene rings is 2. The minimum atomic E-state index is -4.44. The van der Waals surface area contributed by atoms with Crippen molar-refractivity contribution in [2.45, 2.75) is 32.5 Å². The average molecular weight is 426 g/mol. The Morgan fingerprint density at radius 3 is 2.77 bits per heavy atom. The number of aromatic nitrogens is 2. The average Bonchev–Trinajstić information content (AvgIpc) is 2.73. The zero-order valence-corrected chi connectivity index (χ0v) is 16.9. The van der Waals surface area contributed by atoms with Crippen LogP contribution in [0.25, 0.3) is 0 Å². The number of aryl methyl sites for hydroxylation is 1. The first kappa shape index (κ1) is 20.8. The molecule has 3 aromatic rings. The van der Waals surface area contributed by atoms with Crippen molar-refractivity contribution < 1.29 is 18.0 Å². The Labute approximate surface area is 177 Å². The van der Waals surface area contributed by atoms with Crippen LogP contribution in [-0.2, 0) is 25.6 Å². The molecule has 0 saturated carbocycles. The number of nitrogens with two attached hydrogens (primary N) is 1. The summed E-state index contributed by atoms with van der Waals surface area (Å²) in [5.41, 5.74) is 9.56. The molecule has 0 spiro atoms. The molecule has 0 bridgehead atoms. The number of halogens is 3. The second-order valence-electron chi connectivity index (χ2n) is 7.67. The van der Waals surface area contributed by atoms with E-state index in [4.69, 9.17) is 5.73 Å². The number of carbonyl (C=O) groups excluding carboxylic acids is 1. The van der Waals surface area contributed by atoms with Crippen LogP contribution in [0.15, 0.2) is 48.7 Å². The molecular formula is C23H21F3N4O. The van der Waals surface area contributed by atoms with Crippen LogP contribution < -0.4 is 10.6 Å². The SMILES string of the molecule is Cc1ccc(C(=O)Cc2cccc(C(F)(F)F)c2)cc1N1CCc2nc(N)ncc2C1. The summed E-state index contributed by atoms with van der Waals surface area (Å²) in [6.45, 7) is 3.28. The maximum Gasteiger partial charge on any atom is 0.416 e. The number of anilines is 2. The molecule has 0 radical (unpaired) electrons. The lowest BCUT2D eigenvalue weighted by Gasteiger charge is -2.31. The third-order valence-electron chi connectivity index (χ3n) is 5.44. The Balaban J connectivity index is 1.55. The summed E-state index contributed by atoms with van der Waals surface area (Å²) < 4.78 is 38.9. The van der Waals surface area contributed by atoms with E-state index in [0.717, 1.165) is 41.2 Å². The van der Waals surface area contributed by atoms with Crippen molar-refractivity contribution in [3.63, 3.8) is 0 Å². The van der Waals surface area contributed by atoms with E-state index in [1.165, 1.54) is 12.1 Å². The lowest BCUT2D eigenvalue weighted by Crippen LogP contribution is -2.32. The fourth-order valence-electron chi connectivity index (χ4n) is 3.81. The van der Waals surface area contributed by atoms with E-state index in [0.29, 0.717) is 24.1 Å². The van der Waals surface area contributed by atoms with Crippen LogP contribution in [0.3, 0.4) is 0 Å². The number of carbonyl (C=O) groups is 1. The van der Waals surface area contributed by atoms with Gasteiger partial charge in [0.05, 0.1) is 11.3 Å². The van der Waals surface area contributed by atoms with Crippen molar-refractivity contribution in [1.29, 1.82) is 0 Å². The Kier molecular flexibility index (Phi) is 5.39. The highest BCUT2D eigenvalue weighted by Gasteiger charge is 2.30. The van der Waals surface area contributed by atoms with Crippen LogP contribution in [0.1, 0.15) is 38.3 Å². The molecule has 0 amide bonds. The number of rotatable bonds is 4. The fraction of sp³-hybridized carbons (Fsp3) is 0.261. The molecule has 8 heteroatoms. The van der Waals surface area contributed by atoms with Gasteiger partial charge in [-0.15, -0.1) is 0 Å². The van der Waals surface area contributed by atoms with Crippen molar-refractivity contribution >= 4 is 17.4 Å². The van der Waals surface area contributed by atoms with Gasteiger partial charge in [0.25, 0.3) is 0 Å². The molecule has 2 heterocycles. The van der Waals surface area contributed by atoms with Gasteiger partial charge in [-0.3, -0.25) is 4.79 Å². The van der Waals surface area contributed by atoms with E-state index in [1.54, 1.807) is 12.3 Å². The molecule has 4 rings (SSSR count). The van der Waals surface area contributed by atoms with E-state index >= 15 is 0 Å². The smallest absolute Gasteiger partial charge is 0.368 e. The summed E-state index contributed by atoms with van der Waals surface area (Å²) in [6.07, 6.45) is -2.09. The molecule has 160 valence electrons. The number of hydrogen-bond acceptors (Lipinski definition) is 5. The maximum absolute atomic E-state index is 13.0. The monoisotopic (exact) mass is 426 g/mol. The molecule has 1 aromatic heterocycles. The minimum absolute atomic E-state index is 0.0949. The first-order valence-electron chi connectivity index (χ1n) is 9.86. The summed E-state index contributed by atoms with van der Waals surface area (Å²) in [5, 5.41) is 0. The van der Waals surface area contributed by atoms with Gasteiger partial charge in [0.15, 0.2) is 5.78 Å². The molecule has 0 unspecified atom stereocenters. The van der Waals surface area contributed by atoms with Gasteiger partial charge in [-0.05, 0) is 30.2 Å². The molecule has 0 atom stereocenters. The van der Waals surface area contributed by atoms with Crippen LogP contribution >= 0.6 is 0 Å². The van der Waals surface area contributed by atoms with Crippen LogP contribution in [-0.4, -0.2) is 22.3 Å². The van der Waals surface area contributed by atoms with Crippen molar-refractivity contribution in [2.24, 2.45) is 0 Å². The second-order valence-corrected chi connectivity index (χ2v) is 7.67. The molecule has 0 aliphatic carbocycles. The third kappa shape index (κ3) is 4.52. The zero-order chi connectivity index (χ0) is 22.2. The first-order valence-corrected chi connectivity index (χ1v) is 9.86. The van der Waals surface area contributed by atoms with E-state index in [-0.39, 0.29) is 18.2 Å². The highest BCUT2D eigenvalue weighted by atomic mass is 19.4. The number of alkyl halides is 3. The van der Waals surface area contributed by atoms with Gasteiger partial charge in [0.2, 0.25) is 5.95 Å². The van der Waals surface area contributed by atoms with Crippen molar-refractivity contribution in [1.82, 2.24) is 9.97 Å². The number of nitrogens with zero attached hydrogens (tertiary/aromatic N) is 3. The second kappa shape index (κ2) is 8.02. The standard InChI is InChI=1S/C23H21F3N4O/c1-14-5-6-16(21(31)10-15-3-2-4-18(9-15)23(24,25)26)11-20(14)30-8-7-19-17(13-30)12-28-22(27)29-19/h2-6,9,11-12H,7-8,10,13H2,1H3,(H2,27,28,29). The van der Waals surface area contributed by atoms with E-state index in [1.807, 2.05) is 19.1 Å². The predicted molar refractivity (Wildman–Crippen MR) is 112 cm³/mol. The van der Waals surface area contributed by atoms with E-state index in [2.05, 4.69) is 14.9 Å². The maximum atomic E-state index is 13.0. The molecule has 0 fully saturated rings. The lowest BCUT2D eigenvalue weighted by molar-refractivity contribution is -0.137. The molecule has 0 saturated heterocycles. The molecule has 5 nitrogen and oxygen atoms in total. The number of ketones is 1. The van der Waals surface area contributed by atoms with Gasteiger partial charge < -0.3 is 10.6 Å². The number of hydrogen-bond donors (Lipinski definition) is 1. The lowest BCUT2D eigenvalue weighted by atomic mass is 9.98. The van der Waals surface area contributed by atoms with Crippen LogP contribution in [0.2, 0.25) is 0 Å². The van der Waals surface area contributed by atoms with Crippen LogP contribution in [0.5, 0.6) is 0 Å². The van der Waals surface area contributed by atoms with Crippen molar-refractivity contribution in [3.05, 3.63) is 82.2 Å². The zero-order valence-electron chi connectivity index (χ0n) is 16.9. The molecule has 1 aliphatic rings. The summed E-state index contributed by atoms with van der Waals surface area (Å²) in [7, 11) is 0. The summed E-state index contributed by atoms with van der Waals surface area (Å²) >= 11 is 0.